The van der Waals surface area contributed by atoms with Gasteiger partial charge in [0.05, 0.1) is 16.9 Å². The van der Waals surface area contributed by atoms with E-state index < -0.39 is 17.8 Å². The van der Waals surface area contributed by atoms with Gasteiger partial charge in [0.15, 0.2) is 6.07 Å². The molecular weight excluding hydrogens is 351 g/mol. The summed E-state index contributed by atoms with van der Waals surface area (Å²) in [4.78, 5) is 14.6. The molecule has 0 radical (unpaired) electrons. The number of carbonyl (C=O) groups is 1. The van der Waals surface area contributed by atoms with E-state index in [0.29, 0.717) is 10.6 Å². The van der Waals surface area contributed by atoms with E-state index in [-0.39, 0.29) is 11.8 Å². The summed E-state index contributed by atoms with van der Waals surface area (Å²) in [5, 5.41) is 0. The summed E-state index contributed by atoms with van der Waals surface area (Å²) in [6.07, 6.45) is -5.33. The molecule has 0 saturated carbocycles. The summed E-state index contributed by atoms with van der Waals surface area (Å²) in [7, 11) is 0. The van der Waals surface area contributed by atoms with Gasteiger partial charge in [-0.25, -0.2) is 9.69 Å². The molecule has 0 atom stereocenters. The van der Waals surface area contributed by atoms with Crippen molar-refractivity contribution in [1.82, 2.24) is 0 Å². The number of halogens is 4. The van der Waals surface area contributed by atoms with Crippen LogP contribution < -0.4 is 4.90 Å². The number of carbonyl (C=O) groups excluding carboxylic acids is 1. The van der Waals surface area contributed by atoms with E-state index in [4.69, 9.17) is 16.3 Å². The van der Waals surface area contributed by atoms with Crippen molar-refractivity contribution < 1.29 is 22.7 Å². The molecule has 1 aliphatic rings. The molecule has 2 aromatic carbocycles. The van der Waals surface area contributed by atoms with Gasteiger partial charge in [0, 0.05) is 9.79 Å². The fourth-order valence-electron chi connectivity index (χ4n) is 2.24. The monoisotopic (exact) mass is 359 g/mol. The van der Waals surface area contributed by atoms with Crippen molar-refractivity contribution >= 4 is 40.8 Å². The van der Waals surface area contributed by atoms with Crippen LogP contribution >= 0.6 is 23.4 Å². The fourth-order valence-corrected chi connectivity index (χ4v) is 3.37. The lowest BCUT2D eigenvalue weighted by molar-refractivity contribution is -0.137. The topological polar surface area (TPSA) is 29.5 Å². The Bertz CT molecular complexity index is 767. The molecule has 0 saturated heterocycles. The molecular formula is C15H9ClF3NO2S. The zero-order valence-electron chi connectivity index (χ0n) is 11.4. The Morgan fingerprint density at radius 1 is 1.13 bits per heavy atom. The molecule has 1 heterocycles. The van der Waals surface area contributed by atoms with E-state index >= 15 is 0 Å². The second-order valence-corrected chi connectivity index (χ2v) is 5.91. The number of nitrogens with zero attached hydrogens (tertiary/aromatic N) is 1. The third-order valence-electron chi connectivity index (χ3n) is 3.21. The zero-order valence-corrected chi connectivity index (χ0v) is 13.0. The number of hydrogen-bond donors (Lipinski definition) is 0. The van der Waals surface area contributed by atoms with Gasteiger partial charge in [0.1, 0.15) is 0 Å². The van der Waals surface area contributed by atoms with Gasteiger partial charge in [-0.15, -0.1) is 0 Å². The number of fused-ring (bicyclic) bond motifs is 2. The number of hydrogen-bond acceptors (Lipinski definition) is 3. The summed E-state index contributed by atoms with van der Waals surface area (Å²) in [6.45, 7) is 0. The molecule has 0 N–H and O–H groups in total. The van der Waals surface area contributed by atoms with Crippen molar-refractivity contribution in [2.24, 2.45) is 0 Å². The van der Waals surface area contributed by atoms with Gasteiger partial charge in [0.2, 0.25) is 0 Å². The van der Waals surface area contributed by atoms with Gasteiger partial charge < -0.3 is 4.74 Å². The van der Waals surface area contributed by atoms with Crippen LogP contribution in [0.3, 0.4) is 0 Å². The zero-order chi connectivity index (χ0) is 16.6. The van der Waals surface area contributed by atoms with E-state index in [1.54, 1.807) is 24.3 Å². The van der Waals surface area contributed by atoms with E-state index in [1.807, 2.05) is 0 Å². The maximum atomic E-state index is 13.0. The van der Waals surface area contributed by atoms with Crippen LogP contribution in [0.4, 0.5) is 29.3 Å². The number of rotatable bonds is 1. The summed E-state index contributed by atoms with van der Waals surface area (Å²) < 4.78 is 43.7. The Labute approximate surface area is 139 Å². The van der Waals surface area contributed by atoms with Gasteiger partial charge in [-0.3, -0.25) is 0 Å². The molecule has 0 fully saturated rings. The van der Waals surface area contributed by atoms with Gasteiger partial charge in [-0.2, -0.15) is 13.2 Å². The molecule has 0 aromatic heterocycles. The molecule has 3 rings (SSSR count). The maximum absolute atomic E-state index is 13.0. The quantitative estimate of drug-likeness (QED) is 0.617. The molecule has 8 heteroatoms. The SMILES string of the molecule is O=C(OCCl)N1c2ccccc2Sc2ccc(C(F)(F)F)cc21. The Morgan fingerprint density at radius 3 is 2.52 bits per heavy atom. The lowest BCUT2D eigenvalue weighted by atomic mass is 10.1. The van der Waals surface area contributed by atoms with Crippen molar-refractivity contribution in [3.8, 4) is 0 Å². The Balaban J connectivity index is 2.16. The number of benzene rings is 2. The average molecular weight is 360 g/mol. The largest absolute Gasteiger partial charge is 0.433 e. The van der Waals surface area contributed by atoms with Gasteiger partial charge in [0.25, 0.3) is 0 Å². The Morgan fingerprint density at radius 2 is 1.83 bits per heavy atom. The highest BCUT2D eigenvalue weighted by Gasteiger charge is 2.35. The number of ether oxygens (including phenoxy) is 1. The third kappa shape index (κ3) is 2.98. The first kappa shape index (κ1) is 16.0. The van der Waals surface area contributed by atoms with E-state index in [0.717, 1.165) is 21.9 Å². The highest BCUT2D eigenvalue weighted by molar-refractivity contribution is 7.99. The first-order chi connectivity index (χ1) is 10.9. The van der Waals surface area contributed by atoms with Crippen LogP contribution in [0.2, 0.25) is 0 Å². The molecule has 1 aliphatic heterocycles. The number of alkyl halides is 4. The van der Waals surface area contributed by atoms with Gasteiger partial charge in [-0.05, 0) is 30.3 Å². The third-order valence-corrected chi connectivity index (χ3v) is 4.45. The van der Waals surface area contributed by atoms with Crippen LogP contribution in [-0.4, -0.2) is 12.2 Å². The predicted octanol–water partition coefficient (Wildman–Crippen LogP) is 5.64. The number of amides is 1. The van der Waals surface area contributed by atoms with Gasteiger partial charge >= 0.3 is 12.3 Å². The standard InChI is InChI=1S/C15H9ClF3NO2S/c16-8-22-14(21)20-10-3-1-2-4-12(10)23-13-6-5-9(7-11(13)20)15(17,18)19/h1-7H,8H2. The Kier molecular flexibility index (Phi) is 4.16. The van der Waals surface area contributed by atoms with Crippen molar-refractivity contribution in [1.29, 1.82) is 0 Å². The molecule has 0 spiro atoms. The molecule has 1 amide bonds. The minimum Gasteiger partial charge on any atom is -0.433 e. The normalized spacial score (nSPS) is 13.3. The maximum Gasteiger partial charge on any atom is 0.420 e. The van der Waals surface area contributed by atoms with E-state index in [1.165, 1.54) is 17.8 Å². The molecule has 0 bridgehead atoms. The number of para-hydroxylation sites is 1. The first-order valence-electron chi connectivity index (χ1n) is 6.43. The summed E-state index contributed by atoms with van der Waals surface area (Å²) >= 11 is 6.71. The van der Waals surface area contributed by atoms with Crippen molar-refractivity contribution in [2.45, 2.75) is 16.0 Å². The second-order valence-electron chi connectivity index (χ2n) is 4.60. The number of anilines is 2. The van der Waals surface area contributed by atoms with Crippen LogP contribution in [-0.2, 0) is 10.9 Å². The first-order valence-corrected chi connectivity index (χ1v) is 7.78. The fraction of sp³-hybridized carbons (Fsp3) is 0.133. The molecule has 2 aromatic rings. The molecule has 0 unspecified atom stereocenters. The van der Waals surface area contributed by atoms with E-state index in [9.17, 15) is 18.0 Å². The minimum atomic E-state index is -4.50. The lowest BCUT2D eigenvalue weighted by Gasteiger charge is -2.30. The smallest absolute Gasteiger partial charge is 0.420 e. The molecule has 120 valence electrons. The van der Waals surface area contributed by atoms with Crippen LogP contribution in [0.25, 0.3) is 0 Å². The van der Waals surface area contributed by atoms with Crippen LogP contribution in [0.15, 0.2) is 52.3 Å². The van der Waals surface area contributed by atoms with Crippen LogP contribution in [0.1, 0.15) is 5.56 Å². The molecule has 0 aliphatic carbocycles. The van der Waals surface area contributed by atoms with Crippen molar-refractivity contribution in [2.75, 3.05) is 11.0 Å². The second kappa shape index (κ2) is 5.98. The highest BCUT2D eigenvalue weighted by Crippen LogP contribution is 2.49. The van der Waals surface area contributed by atoms with Gasteiger partial charge in [-0.1, -0.05) is 35.5 Å². The lowest BCUT2D eigenvalue weighted by Crippen LogP contribution is -2.29. The van der Waals surface area contributed by atoms with Crippen LogP contribution in [0, 0.1) is 0 Å². The Hall–Kier alpha value is -1.86. The van der Waals surface area contributed by atoms with Crippen molar-refractivity contribution in [3.05, 3.63) is 48.0 Å². The highest BCUT2D eigenvalue weighted by atomic mass is 35.5. The minimum absolute atomic E-state index is 0.124. The molecule has 3 nitrogen and oxygen atoms in total. The summed E-state index contributed by atoms with van der Waals surface area (Å²) in [6, 6.07) is 9.78. The van der Waals surface area contributed by atoms with Crippen molar-refractivity contribution in [3.63, 3.8) is 0 Å². The average Bonchev–Trinajstić information content (AvgIpc) is 2.51. The summed E-state index contributed by atoms with van der Waals surface area (Å²) in [5.41, 5.74) is -0.252. The van der Waals surface area contributed by atoms with Crippen LogP contribution in [0.5, 0.6) is 0 Å². The predicted molar refractivity (Wildman–Crippen MR) is 81.3 cm³/mol. The molecule has 23 heavy (non-hydrogen) atoms. The van der Waals surface area contributed by atoms with E-state index in [2.05, 4.69) is 0 Å². The summed E-state index contributed by atoms with van der Waals surface area (Å²) in [5.74, 6) is 0.